The number of nitrogen functional groups attached to an aromatic ring is 1. The number of nitrogens with zero attached hydrogens (tertiary/aromatic N) is 3. The number of imidazole rings is 1. The Morgan fingerprint density at radius 2 is 2.00 bits per heavy atom. The molecule has 1 amide bonds. The number of carbonyl (C=O) groups excluding carboxylic acids is 1. The third-order valence-electron chi connectivity index (χ3n) is 5.02. The Morgan fingerprint density at radius 3 is 2.77 bits per heavy atom. The van der Waals surface area contributed by atoms with Gasteiger partial charge in [0, 0.05) is 31.8 Å². The van der Waals surface area contributed by atoms with Crippen molar-refractivity contribution in [2.75, 3.05) is 18.9 Å². The number of nitrogens with one attached hydrogen (secondary N) is 1. The number of aromatic nitrogens is 3. The summed E-state index contributed by atoms with van der Waals surface area (Å²) in [6.07, 6.45) is 3.10. The molecular weight excluding hydrogens is 378 g/mol. The summed E-state index contributed by atoms with van der Waals surface area (Å²) in [7, 11) is 0. The van der Waals surface area contributed by atoms with Crippen molar-refractivity contribution in [3.63, 3.8) is 0 Å². The number of benzene rings is 1. The van der Waals surface area contributed by atoms with Crippen LogP contribution in [-0.4, -0.2) is 33.6 Å². The Hall–Kier alpha value is -2.93. The minimum Gasteiger partial charge on any atom is -0.382 e. The van der Waals surface area contributed by atoms with Crippen molar-refractivity contribution in [3.8, 4) is 0 Å². The van der Waals surface area contributed by atoms with Crippen LogP contribution in [0.4, 0.5) is 5.82 Å². The summed E-state index contributed by atoms with van der Waals surface area (Å²) in [5.41, 5.74) is 9.84. The number of ether oxygens (including phenoxy) is 1. The van der Waals surface area contributed by atoms with Crippen LogP contribution in [0.15, 0.2) is 36.4 Å². The van der Waals surface area contributed by atoms with E-state index in [1.807, 2.05) is 50.2 Å². The third-order valence-corrected chi connectivity index (χ3v) is 5.02. The van der Waals surface area contributed by atoms with E-state index in [0.717, 1.165) is 48.4 Å². The highest BCUT2D eigenvalue weighted by atomic mass is 16.5. The van der Waals surface area contributed by atoms with E-state index in [2.05, 4.69) is 19.9 Å². The van der Waals surface area contributed by atoms with E-state index in [1.165, 1.54) is 5.56 Å². The summed E-state index contributed by atoms with van der Waals surface area (Å²) in [6, 6.07) is 12.1. The average molecular weight is 410 g/mol. The van der Waals surface area contributed by atoms with Crippen molar-refractivity contribution >= 4 is 22.8 Å². The van der Waals surface area contributed by atoms with Gasteiger partial charge in [0.25, 0.3) is 0 Å². The Labute approximate surface area is 177 Å². The first kappa shape index (κ1) is 21.8. The fourth-order valence-electron chi connectivity index (χ4n) is 3.49. The van der Waals surface area contributed by atoms with Gasteiger partial charge in [-0.25, -0.2) is 9.97 Å². The van der Waals surface area contributed by atoms with Crippen LogP contribution >= 0.6 is 0 Å². The molecule has 2 heterocycles. The van der Waals surface area contributed by atoms with Crippen LogP contribution in [-0.2, 0) is 29.1 Å². The quantitative estimate of drug-likeness (QED) is 0.473. The molecule has 2 aromatic heterocycles. The maximum Gasteiger partial charge on any atom is 0.220 e. The van der Waals surface area contributed by atoms with E-state index < -0.39 is 0 Å². The van der Waals surface area contributed by atoms with Gasteiger partial charge in [0.05, 0.1) is 5.52 Å². The lowest BCUT2D eigenvalue weighted by atomic mass is 10.1. The Morgan fingerprint density at radius 1 is 1.20 bits per heavy atom. The van der Waals surface area contributed by atoms with Gasteiger partial charge in [0.1, 0.15) is 17.9 Å². The molecule has 0 aliphatic carbocycles. The number of rotatable bonds is 11. The van der Waals surface area contributed by atoms with Crippen molar-refractivity contribution in [2.24, 2.45) is 0 Å². The maximum atomic E-state index is 12.1. The average Bonchev–Trinajstić information content (AvgIpc) is 3.09. The molecule has 0 fully saturated rings. The minimum absolute atomic E-state index is 0.0958. The summed E-state index contributed by atoms with van der Waals surface area (Å²) in [5.74, 6) is 1.41. The van der Waals surface area contributed by atoms with Crippen LogP contribution in [0.1, 0.15) is 43.3 Å². The first-order valence-electron chi connectivity index (χ1n) is 10.6. The Balaban J connectivity index is 1.50. The fraction of sp³-hybridized carbons (Fsp3) is 0.435. The van der Waals surface area contributed by atoms with Crippen molar-refractivity contribution in [2.45, 2.75) is 52.7 Å². The first-order valence-corrected chi connectivity index (χ1v) is 10.6. The van der Waals surface area contributed by atoms with Crippen LogP contribution in [0.5, 0.6) is 0 Å². The van der Waals surface area contributed by atoms with E-state index in [-0.39, 0.29) is 5.91 Å². The molecule has 0 bridgehead atoms. The van der Waals surface area contributed by atoms with Gasteiger partial charge in [-0.1, -0.05) is 30.3 Å². The van der Waals surface area contributed by atoms with Gasteiger partial charge in [-0.2, -0.15) is 0 Å². The van der Waals surface area contributed by atoms with E-state index in [0.29, 0.717) is 32.0 Å². The zero-order valence-corrected chi connectivity index (χ0v) is 17.9. The van der Waals surface area contributed by atoms with Gasteiger partial charge in [0.15, 0.2) is 5.82 Å². The van der Waals surface area contributed by atoms with Crippen LogP contribution in [0.2, 0.25) is 0 Å². The smallest absolute Gasteiger partial charge is 0.220 e. The molecule has 7 heteroatoms. The maximum absolute atomic E-state index is 12.1. The molecule has 0 aliphatic heterocycles. The number of nitrogens with two attached hydrogens (primary N) is 1. The second kappa shape index (κ2) is 10.7. The van der Waals surface area contributed by atoms with Gasteiger partial charge in [0.2, 0.25) is 5.91 Å². The molecule has 1 aromatic carbocycles. The summed E-state index contributed by atoms with van der Waals surface area (Å²) in [4.78, 5) is 21.0. The molecule has 160 valence electrons. The summed E-state index contributed by atoms with van der Waals surface area (Å²) in [6.45, 7) is 6.43. The lowest BCUT2D eigenvalue weighted by molar-refractivity contribution is -0.121. The molecule has 0 saturated heterocycles. The van der Waals surface area contributed by atoms with Gasteiger partial charge in [-0.05, 0) is 44.7 Å². The Bertz CT molecular complexity index is 969. The molecule has 0 radical (unpaired) electrons. The number of aryl methyl sites for hydroxylation is 3. The van der Waals surface area contributed by atoms with Gasteiger partial charge < -0.3 is 20.4 Å². The zero-order valence-electron chi connectivity index (χ0n) is 17.9. The second-order valence-corrected chi connectivity index (χ2v) is 7.38. The highest BCUT2D eigenvalue weighted by molar-refractivity contribution is 5.85. The molecule has 0 aliphatic rings. The summed E-state index contributed by atoms with van der Waals surface area (Å²) >= 11 is 0. The third kappa shape index (κ3) is 5.79. The largest absolute Gasteiger partial charge is 0.382 e. The van der Waals surface area contributed by atoms with Crippen molar-refractivity contribution in [1.82, 2.24) is 19.9 Å². The van der Waals surface area contributed by atoms with Crippen LogP contribution in [0, 0.1) is 6.92 Å². The fourth-order valence-corrected chi connectivity index (χ4v) is 3.49. The highest BCUT2D eigenvalue weighted by Gasteiger charge is 2.14. The number of hydrogen-bond donors (Lipinski definition) is 2. The first-order chi connectivity index (χ1) is 14.6. The predicted molar refractivity (Wildman–Crippen MR) is 119 cm³/mol. The topological polar surface area (TPSA) is 95.1 Å². The molecule has 3 N–H and O–H groups in total. The van der Waals surface area contributed by atoms with E-state index >= 15 is 0 Å². The number of hydrogen-bond acceptors (Lipinski definition) is 5. The second-order valence-electron chi connectivity index (χ2n) is 7.38. The highest BCUT2D eigenvalue weighted by Crippen LogP contribution is 2.22. The van der Waals surface area contributed by atoms with Gasteiger partial charge >= 0.3 is 0 Å². The van der Waals surface area contributed by atoms with E-state index in [1.54, 1.807) is 0 Å². The number of amides is 1. The number of unbranched alkanes of at least 4 members (excludes halogenated alkanes) is 1. The summed E-state index contributed by atoms with van der Waals surface area (Å²) in [5, 5.41) is 3.02. The molecule has 0 unspecified atom stereocenters. The minimum atomic E-state index is 0.0958. The normalized spacial score (nSPS) is 11.1. The summed E-state index contributed by atoms with van der Waals surface area (Å²) < 4.78 is 7.74. The van der Waals surface area contributed by atoms with Crippen molar-refractivity contribution in [1.29, 1.82) is 0 Å². The molecule has 30 heavy (non-hydrogen) atoms. The molecule has 0 spiro atoms. The lowest BCUT2D eigenvalue weighted by Crippen LogP contribution is -2.24. The van der Waals surface area contributed by atoms with Gasteiger partial charge in [-0.15, -0.1) is 0 Å². The standard InChI is InChI=1S/C23H31N5O2/c1-3-30-16-20-27-22-19(15-17(2)26-23(22)24)28(20)14-8-7-13-25-21(29)12-11-18-9-5-4-6-10-18/h4-6,9-10,15H,3,7-8,11-14,16H2,1-2H3,(H2,24,26)(H,25,29). The van der Waals surface area contributed by atoms with Crippen molar-refractivity contribution < 1.29 is 9.53 Å². The van der Waals surface area contributed by atoms with Crippen LogP contribution in [0.25, 0.3) is 11.0 Å². The number of pyridine rings is 1. The molecule has 0 atom stereocenters. The van der Waals surface area contributed by atoms with Crippen LogP contribution < -0.4 is 11.1 Å². The Kier molecular flexibility index (Phi) is 7.79. The molecular formula is C23H31N5O2. The number of carbonyl (C=O) groups is 1. The van der Waals surface area contributed by atoms with E-state index in [4.69, 9.17) is 10.5 Å². The number of fused-ring (bicyclic) bond motifs is 1. The molecule has 3 rings (SSSR count). The SMILES string of the molecule is CCOCc1nc2c(N)nc(C)cc2n1CCCCNC(=O)CCc1ccccc1. The predicted octanol–water partition coefficient (Wildman–Crippen LogP) is 3.39. The molecule has 0 saturated carbocycles. The van der Waals surface area contributed by atoms with Gasteiger partial charge in [-0.3, -0.25) is 4.79 Å². The zero-order chi connectivity index (χ0) is 21.3. The van der Waals surface area contributed by atoms with Crippen LogP contribution in [0.3, 0.4) is 0 Å². The van der Waals surface area contributed by atoms with E-state index in [9.17, 15) is 4.79 Å². The van der Waals surface area contributed by atoms with Crippen molar-refractivity contribution in [3.05, 3.63) is 53.5 Å². The number of anilines is 1. The molecule has 3 aromatic rings. The monoisotopic (exact) mass is 409 g/mol. The molecule has 7 nitrogen and oxygen atoms in total. The lowest BCUT2D eigenvalue weighted by Gasteiger charge is -2.10.